The minimum Gasteiger partial charge on any atom is -0.353 e. The van der Waals surface area contributed by atoms with Crippen molar-refractivity contribution in [1.82, 2.24) is 10.6 Å². The first-order valence-electron chi connectivity index (χ1n) is 6.90. The third-order valence-electron chi connectivity index (χ3n) is 3.41. The highest BCUT2D eigenvalue weighted by atomic mass is 35.5. The summed E-state index contributed by atoms with van der Waals surface area (Å²) >= 11 is 0. The maximum atomic E-state index is 11.8. The summed E-state index contributed by atoms with van der Waals surface area (Å²) in [5.41, 5.74) is 5.30. The SMILES string of the molecule is CC(NC(=O)CC1CCCCC1)C(=O)NCCN.Cl. The molecule has 5 nitrogen and oxygen atoms in total. The van der Waals surface area contributed by atoms with Gasteiger partial charge >= 0.3 is 0 Å². The Balaban J connectivity index is 0.00000324. The van der Waals surface area contributed by atoms with Gasteiger partial charge in [-0.15, -0.1) is 12.4 Å². The van der Waals surface area contributed by atoms with Gasteiger partial charge in [0.05, 0.1) is 0 Å². The van der Waals surface area contributed by atoms with Crippen molar-refractivity contribution < 1.29 is 9.59 Å². The highest BCUT2D eigenvalue weighted by molar-refractivity contribution is 5.87. The van der Waals surface area contributed by atoms with Crippen LogP contribution in [0, 0.1) is 5.92 Å². The molecule has 1 fully saturated rings. The standard InChI is InChI=1S/C13H25N3O2.ClH/c1-10(13(18)15-8-7-14)16-12(17)9-11-5-3-2-4-6-11;/h10-11H,2-9,14H2,1H3,(H,15,18)(H,16,17);1H. The molecular weight excluding hydrogens is 266 g/mol. The highest BCUT2D eigenvalue weighted by Crippen LogP contribution is 2.26. The lowest BCUT2D eigenvalue weighted by molar-refractivity contribution is -0.129. The zero-order valence-electron chi connectivity index (χ0n) is 11.6. The molecule has 0 aromatic heterocycles. The molecule has 0 bridgehead atoms. The largest absolute Gasteiger partial charge is 0.353 e. The molecule has 19 heavy (non-hydrogen) atoms. The van der Waals surface area contributed by atoms with Gasteiger partial charge < -0.3 is 16.4 Å². The predicted octanol–water partition coefficient (Wildman–Crippen LogP) is 0.958. The molecule has 0 aromatic carbocycles. The molecular formula is C13H26ClN3O2. The minimum absolute atomic E-state index is 0. The third kappa shape index (κ3) is 7.38. The summed E-state index contributed by atoms with van der Waals surface area (Å²) in [5, 5.41) is 5.41. The Morgan fingerprint density at radius 3 is 2.47 bits per heavy atom. The van der Waals surface area contributed by atoms with E-state index in [1.54, 1.807) is 6.92 Å². The lowest BCUT2D eigenvalue weighted by Crippen LogP contribution is -2.46. The van der Waals surface area contributed by atoms with Crippen LogP contribution in [-0.4, -0.2) is 30.9 Å². The third-order valence-corrected chi connectivity index (χ3v) is 3.41. The van der Waals surface area contributed by atoms with Crippen LogP contribution >= 0.6 is 12.4 Å². The number of nitrogens with two attached hydrogens (primary N) is 1. The molecule has 0 heterocycles. The van der Waals surface area contributed by atoms with Crippen LogP contribution in [0.2, 0.25) is 0 Å². The van der Waals surface area contributed by atoms with E-state index in [0.29, 0.717) is 25.4 Å². The van der Waals surface area contributed by atoms with Gasteiger partial charge in [0.25, 0.3) is 0 Å². The van der Waals surface area contributed by atoms with Crippen molar-refractivity contribution in [2.45, 2.75) is 51.5 Å². The molecule has 2 amide bonds. The monoisotopic (exact) mass is 291 g/mol. The van der Waals surface area contributed by atoms with Crippen molar-refractivity contribution in [2.75, 3.05) is 13.1 Å². The molecule has 6 heteroatoms. The van der Waals surface area contributed by atoms with E-state index in [4.69, 9.17) is 5.73 Å². The molecule has 1 unspecified atom stereocenters. The molecule has 1 rings (SSSR count). The van der Waals surface area contributed by atoms with Crippen molar-refractivity contribution >= 4 is 24.2 Å². The first-order chi connectivity index (χ1) is 8.63. The molecule has 1 atom stereocenters. The summed E-state index contributed by atoms with van der Waals surface area (Å²) < 4.78 is 0. The van der Waals surface area contributed by atoms with Crippen LogP contribution in [-0.2, 0) is 9.59 Å². The maximum absolute atomic E-state index is 11.8. The average Bonchev–Trinajstić information content (AvgIpc) is 2.36. The number of hydrogen-bond donors (Lipinski definition) is 3. The Morgan fingerprint density at radius 2 is 1.89 bits per heavy atom. The fourth-order valence-corrected chi connectivity index (χ4v) is 2.37. The molecule has 0 radical (unpaired) electrons. The minimum atomic E-state index is -0.479. The van der Waals surface area contributed by atoms with Crippen LogP contribution in [0.3, 0.4) is 0 Å². The van der Waals surface area contributed by atoms with Crippen molar-refractivity contribution in [3.05, 3.63) is 0 Å². The van der Waals surface area contributed by atoms with Crippen molar-refractivity contribution in [2.24, 2.45) is 11.7 Å². The quantitative estimate of drug-likeness (QED) is 0.681. The zero-order valence-corrected chi connectivity index (χ0v) is 12.4. The van der Waals surface area contributed by atoms with E-state index in [1.807, 2.05) is 0 Å². The molecule has 0 aliphatic heterocycles. The number of rotatable bonds is 6. The lowest BCUT2D eigenvalue weighted by atomic mass is 9.87. The van der Waals surface area contributed by atoms with Crippen molar-refractivity contribution in [3.63, 3.8) is 0 Å². The number of amides is 2. The van der Waals surface area contributed by atoms with Gasteiger partial charge in [0.15, 0.2) is 0 Å². The lowest BCUT2D eigenvalue weighted by Gasteiger charge is -2.22. The van der Waals surface area contributed by atoms with Gasteiger partial charge in [0.2, 0.25) is 11.8 Å². The molecule has 0 saturated heterocycles. The summed E-state index contributed by atoms with van der Waals surface area (Å²) in [5.74, 6) is 0.313. The topological polar surface area (TPSA) is 84.2 Å². The van der Waals surface area contributed by atoms with Gasteiger partial charge in [0, 0.05) is 19.5 Å². The second kappa shape index (κ2) is 10.0. The van der Waals surface area contributed by atoms with Gasteiger partial charge in [-0.2, -0.15) is 0 Å². The summed E-state index contributed by atoms with van der Waals surface area (Å²) in [6.45, 7) is 2.56. The van der Waals surface area contributed by atoms with Gasteiger partial charge in [-0.25, -0.2) is 0 Å². The Labute approximate surface area is 121 Å². The van der Waals surface area contributed by atoms with E-state index in [-0.39, 0.29) is 24.2 Å². The van der Waals surface area contributed by atoms with Crippen molar-refractivity contribution in [3.8, 4) is 0 Å². The number of nitrogens with one attached hydrogen (secondary N) is 2. The Hall–Kier alpha value is -0.810. The van der Waals surface area contributed by atoms with Crippen molar-refractivity contribution in [1.29, 1.82) is 0 Å². The molecule has 0 aromatic rings. The van der Waals surface area contributed by atoms with E-state index < -0.39 is 6.04 Å². The summed E-state index contributed by atoms with van der Waals surface area (Å²) in [6.07, 6.45) is 6.57. The molecule has 4 N–H and O–H groups in total. The van der Waals surface area contributed by atoms with E-state index in [1.165, 1.54) is 19.3 Å². The second-order valence-corrected chi connectivity index (χ2v) is 5.08. The fraction of sp³-hybridized carbons (Fsp3) is 0.846. The Morgan fingerprint density at radius 1 is 1.26 bits per heavy atom. The van der Waals surface area contributed by atoms with Crippen LogP contribution in [0.1, 0.15) is 45.4 Å². The average molecular weight is 292 g/mol. The Kier molecular flexibility index (Phi) is 9.61. The number of carbonyl (C=O) groups is 2. The first-order valence-corrected chi connectivity index (χ1v) is 6.90. The number of hydrogen-bond acceptors (Lipinski definition) is 3. The molecule has 1 aliphatic rings. The fourth-order valence-electron chi connectivity index (χ4n) is 2.37. The molecule has 0 spiro atoms. The number of halogens is 1. The summed E-state index contributed by atoms with van der Waals surface area (Å²) in [6, 6.07) is -0.479. The van der Waals surface area contributed by atoms with E-state index in [0.717, 1.165) is 12.8 Å². The first kappa shape index (κ1) is 18.2. The van der Waals surface area contributed by atoms with E-state index in [2.05, 4.69) is 10.6 Å². The molecule has 112 valence electrons. The smallest absolute Gasteiger partial charge is 0.242 e. The van der Waals surface area contributed by atoms with Crippen LogP contribution in [0.25, 0.3) is 0 Å². The number of carbonyl (C=O) groups excluding carboxylic acids is 2. The van der Waals surface area contributed by atoms with Crippen LogP contribution in [0.4, 0.5) is 0 Å². The summed E-state index contributed by atoms with van der Waals surface area (Å²) in [4.78, 5) is 23.3. The highest BCUT2D eigenvalue weighted by Gasteiger charge is 2.20. The molecule has 1 aliphatic carbocycles. The van der Waals surface area contributed by atoms with Crippen LogP contribution in [0.5, 0.6) is 0 Å². The van der Waals surface area contributed by atoms with Gasteiger partial charge in [-0.05, 0) is 25.7 Å². The predicted molar refractivity (Wildman–Crippen MR) is 78.1 cm³/mol. The van der Waals surface area contributed by atoms with Crippen LogP contribution in [0.15, 0.2) is 0 Å². The van der Waals surface area contributed by atoms with E-state index >= 15 is 0 Å². The van der Waals surface area contributed by atoms with E-state index in [9.17, 15) is 9.59 Å². The second-order valence-electron chi connectivity index (χ2n) is 5.08. The van der Waals surface area contributed by atoms with Gasteiger partial charge in [-0.3, -0.25) is 9.59 Å². The van der Waals surface area contributed by atoms with Gasteiger partial charge in [-0.1, -0.05) is 19.3 Å². The zero-order chi connectivity index (χ0) is 13.4. The summed E-state index contributed by atoms with van der Waals surface area (Å²) in [7, 11) is 0. The Bertz CT molecular complexity index is 281. The maximum Gasteiger partial charge on any atom is 0.242 e. The van der Waals surface area contributed by atoms with Gasteiger partial charge in [0.1, 0.15) is 6.04 Å². The molecule has 1 saturated carbocycles. The normalized spacial score (nSPS) is 17.2. The van der Waals surface area contributed by atoms with Crippen LogP contribution < -0.4 is 16.4 Å².